The van der Waals surface area contributed by atoms with Crippen molar-refractivity contribution in [2.24, 2.45) is 0 Å². The number of aromatic nitrogens is 2. The monoisotopic (exact) mass is 488 g/mol. The van der Waals surface area contributed by atoms with Crippen molar-refractivity contribution >= 4 is 21.4 Å². The van der Waals surface area contributed by atoms with Crippen molar-refractivity contribution in [1.29, 1.82) is 4.78 Å². The minimum atomic E-state index is -2.80. The zero-order valence-corrected chi connectivity index (χ0v) is 19.8. The van der Waals surface area contributed by atoms with E-state index in [-0.39, 0.29) is 23.2 Å². The molecule has 0 saturated heterocycles. The second kappa shape index (κ2) is 9.92. The van der Waals surface area contributed by atoms with E-state index >= 15 is 0 Å². The number of hydrogen-bond acceptors (Lipinski definition) is 7. The summed E-state index contributed by atoms with van der Waals surface area (Å²) >= 11 is 0. The third-order valence-electron chi connectivity index (χ3n) is 5.23. The predicted octanol–water partition coefficient (Wildman–Crippen LogP) is 5.67. The average molecular weight is 489 g/mol. The number of fused-ring (bicyclic) bond motifs is 6. The Labute approximate surface area is 197 Å². The highest BCUT2D eigenvalue weighted by atomic mass is 32.2. The second-order valence-electron chi connectivity index (χ2n) is 8.44. The molecule has 0 fully saturated rings. The first kappa shape index (κ1) is 23.9. The Morgan fingerprint density at radius 2 is 1.97 bits per heavy atom. The maximum atomic E-state index is 14.8. The zero-order valence-electron chi connectivity index (χ0n) is 18.9. The van der Waals surface area contributed by atoms with Crippen LogP contribution in [0.15, 0.2) is 42.6 Å². The van der Waals surface area contributed by atoms with Crippen LogP contribution in [-0.2, 0) is 15.5 Å². The summed E-state index contributed by atoms with van der Waals surface area (Å²) in [5, 5.41) is 3.04. The molecule has 1 aromatic carbocycles. The first-order chi connectivity index (χ1) is 16.2. The Hall–Kier alpha value is -3.27. The standard InChI is InChI=1S/C24H26F2N4O3S/c1-15-5-3-4-8-32-21-11-17(25)6-7-18(21)19-12-22(28-13-20(19)26)29-23-9-16(14-34(2,27)31)10-24(30-23)33-15/h6-7,9-13,15,27H,3-5,8,14H2,1-2H3,(H,28,29,30)/t15-,34+/m0/s1. The van der Waals surface area contributed by atoms with Crippen molar-refractivity contribution in [3.05, 3.63) is 59.8 Å². The summed E-state index contributed by atoms with van der Waals surface area (Å²) in [5.41, 5.74) is 1.24. The van der Waals surface area contributed by atoms with Gasteiger partial charge in [0, 0.05) is 39.2 Å². The highest BCUT2D eigenvalue weighted by molar-refractivity contribution is 7.90. The Bertz CT molecular complexity index is 1300. The molecular weight excluding hydrogens is 462 g/mol. The molecule has 180 valence electrons. The lowest BCUT2D eigenvalue weighted by Crippen LogP contribution is -2.14. The van der Waals surface area contributed by atoms with Crippen molar-refractivity contribution < 1.29 is 22.5 Å². The summed E-state index contributed by atoms with van der Waals surface area (Å²) in [5.74, 6) is 0.223. The fraction of sp³-hybridized carbons (Fsp3) is 0.333. The van der Waals surface area contributed by atoms with E-state index in [9.17, 15) is 13.0 Å². The largest absolute Gasteiger partial charge is 0.493 e. The molecule has 7 nitrogen and oxygen atoms in total. The lowest BCUT2D eigenvalue weighted by molar-refractivity contribution is 0.194. The molecule has 0 radical (unpaired) electrons. The third-order valence-corrected chi connectivity index (χ3v) is 6.12. The van der Waals surface area contributed by atoms with Crippen molar-refractivity contribution in [2.75, 3.05) is 18.2 Å². The van der Waals surface area contributed by atoms with Crippen molar-refractivity contribution in [3.63, 3.8) is 0 Å². The summed E-state index contributed by atoms with van der Waals surface area (Å²) in [6.07, 6.45) is 4.51. The lowest BCUT2D eigenvalue weighted by atomic mass is 10.0. The predicted molar refractivity (Wildman–Crippen MR) is 127 cm³/mol. The van der Waals surface area contributed by atoms with E-state index in [1.807, 2.05) is 6.92 Å². The summed E-state index contributed by atoms with van der Waals surface area (Å²) in [6.45, 7) is 2.27. The number of rotatable bonds is 2. The molecule has 0 saturated carbocycles. The molecule has 0 amide bonds. The van der Waals surface area contributed by atoms with Gasteiger partial charge in [0.2, 0.25) is 5.88 Å². The smallest absolute Gasteiger partial charge is 0.215 e. The molecule has 0 aliphatic carbocycles. The number of nitrogens with zero attached hydrogens (tertiary/aromatic N) is 2. The number of ether oxygens (including phenoxy) is 2. The van der Waals surface area contributed by atoms with E-state index in [0.717, 1.165) is 19.0 Å². The number of pyridine rings is 2. The normalized spacial score (nSPS) is 17.9. The fourth-order valence-electron chi connectivity index (χ4n) is 3.75. The Kier molecular flexibility index (Phi) is 6.97. The van der Waals surface area contributed by atoms with Crippen LogP contribution < -0.4 is 14.8 Å². The number of anilines is 2. The lowest BCUT2D eigenvalue weighted by Gasteiger charge is -2.18. The average Bonchev–Trinajstić information content (AvgIpc) is 2.73. The quantitative estimate of drug-likeness (QED) is 0.482. The number of halogens is 2. The summed E-state index contributed by atoms with van der Waals surface area (Å²) in [4.78, 5) is 8.58. The van der Waals surface area contributed by atoms with Gasteiger partial charge < -0.3 is 14.8 Å². The molecule has 3 aromatic rings. The van der Waals surface area contributed by atoms with E-state index in [1.165, 1.54) is 30.5 Å². The van der Waals surface area contributed by atoms with Crippen LogP contribution in [-0.4, -0.2) is 33.1 Å². The van der Waals surface area contributed by atoms with Crippen LogP contribution in [0.25, 0.3) is 11.1 Å². The van der Waals surface area contributed by atoms with Gasteiger partial charge in [0.25, 0.3) is 0 Å². The van der Waals surface area contributed by atoms with Crippen molar-refractivity contribution in [1.82, 2.24) is 9.97 Å². The van der Waals surface area contributed by atoms with Crippen LogP contribution in [0.5, 0.6) is 11.6 Å². The molecule has 4 bridgehead atoms. The summed E-state index contributed by atoms with van der Waals surface area (Å²) in [7, 11) is -2.80. The summed E-state index contributed by atoms with van der Waals surface area (Å²) in [6, 6.07) is 8.82. The topological polar surface area (TPSA) is 97.2 Å². The molecule has 2 atom stereocenters. The Balaban J connectivity index is 1.79. The summed E-state index contributed by atoms with van der Waals surface area (Å²) < 4.78 is 60.4. The van der Waals surface area contributed by atoms with Gasteiger partial charge in [-0.05, 0) is 56.0 Å². The van der Waals surface area contributed by atoms with Gasteiger partial charge in [-0.25, -0.2) is 18.0 Å². The van der Waals surface area contributed by atoms with E-state index in [0.29, 0.717) is 41.7 Å². The number of nitrogens with one attached hydrogen (secondary N) is 2. The molecule has 3 heterocycles. The van der Waals surface area contributed by atoms with Gasteiger partial charge >= 0.3 is 0 Å². The Morgan fingerprint density at radius 3 is 2.76 bits per heavy atom. The zero-order chi connectivity index (χ0) is 24.3. The molecule has 4 rings (SSSR count). The minimum Gasteiger partial charge on any atom is -0.493 e. The van der Waals surface area contributed by atoms with Crippen LogP contribution in [0.4, 0.5) is 20.4 Å². The van der Waals surface area contributed by atoms with Crippen LogP contribution in [0.3, 0.4) is 0 Å². The minimum absolute atomic E-state index is 0.0350. The van der Waals surface area contributed by atoms with Crippen molar-refractivity contribution in [2.45, 2.75) is 38.0 Å². The molecule has 2 aromatic heterocycles. The molecule has 1 aliphatic rings. The van der Waals surface area contributed by atoms with Crippen molar-refractivity contribution in [3.8, 4) is 22.8 Å². The third kappa shape index (κ3) is 6.19. The molecule has 2 N–H and O–H groups in total. The molecular formula is C24H26F2N4O3S. The SMILES string of the molecule is C[C@H]1CCCCOc2cc(F)ccc2-c2cc(ncc2F)Nc2cc(C[S@](C)(=N)=O)cc(n2)O1. The van der Waals surface area contributed by atoms with Gasteiger partial charge in [-0.1, -0.05) is 0 Å². The van der Waals surface area contributed by atoms with Gasteiger partial charge in [-0.3, -0.25) is 4.78 Å². The number of benzene rings is 1. The molecule has 0 spiro atoms. The Morgan fingerprint density at radius 1 is 1.15 bits per heavy atom. The second-order valence-corrected chi connectivity index (χ2v) is 10.7. The highest BCUT2D eigenvalue weighted by Crippen LogP contribution is 2.34. The van der Waals surface area contributed by atoms with Gasteiger partial charge in [-0.15, -0.1) is 0 Å². The molecule has 1 aliphatic heterocycles. The first-order valence-corrected chi connectivity index (χ1v) is 13.0. The van der Waals surface area contributed by atoms with Crippen LogP contribution >= 0.6 is 0 Å². The van der Waals surface area contributed by atoms with E-state index in [4.69, 9.17) is 14.3 Å². The van der Waals surface area contributed by atoms with Crippen LogP contribution in [0, 0.1) is 16.4 Å². The maximum absolute atomic E-state index is 14.8. The first-order valence-electron chi connectivity index (χ1n) is 10.9. The van der Waals surface area contributed by atoms with Crippen LogP contribution in [0.1, 0.15) is 31.7 Å². The molecule has 0 unspecified atom stereocenters. The van der Waals surface area contributed by atoms with E-state index in [2.05, 4.69) is 15.3 Å². The van der Waals surface area contributed by atoms with E-state index < -0.39 is 21.4 Å². The molecule has 34 heavy (non-hydrogen) atoms. The van der Waals surface area contributed by atoms with Crippen LogP contribution in [0.2, 0.25) is 0 Å². The number of hydrogen-bond donors (Lipinski definition) is 2. The van der Waals surface area contributed by atoms with Gasteiger partial charge in [0.15, 0.2) is 0 Å². The highest BCUT2D eigenvalue weighted by Gasteiger charge is 2.16. The fourth-order valence-corrected chi connectivity index (χ4v) is 4.55. The van der Waals surface area contributed by atoms with E-state index in [1.54, 1.807) is 12.1 Å². The molecule has 10 heteroatoms. The van der Waals surface area contributed by atoms with Gasteiger partial charge in [0.05, 0.1) is 24.7 Å². The van der Waals surface area contributed by atoms with Gasteiger partial charge in [-0.2, -0.15) is 4.98 Å². The maximum Gasteiger partial charge on any atom is 0.215 e. The van der Waals surface area contributed by atoms with Gasteiger partial charge in [0.1, 0.15) is 29.0 Å².